The van der Waals surface area contributed by atoms with E-state index in [1.807, 2.05) is 52.0 Å². The van der Waals surface area contributed by atoms with Gasteiger partial charge in [-0.05, 0) is 59.6 Å². The summed E-state index contributed by atoms with van der Waals surface area (Å²) in [5.74, 6) is -5.73. The zero-order valence-electron chi connectivity index (χ0n) is 35.8. The lowest BCUT2D eigenvalue weighted by Gasteiger charge is -2.50. The van der Waals surface area contributed by atoms with Gasteiger partial charge in [0.2, 0.25) is 11.7 Å². The van der Waals surface area contributed by atoms with Crippen molar-refractivity contribution in [3.8, 4) is 0 Å². The second kappa shape index (κ2) is 21.9. The van der Waals surface area contributed by atoms with Crippen LogP contribution in [0.4, 0.5) is 0 Å². The number of aliphatic hydroxyl groups is 4. The number of esters is 1. The number of methoxy groups -OCH3 is 3. The van der Waals surface area contributed by atoms with Gasteiger partial charge in [0.25, 0.3) is 0 Å². The largest absolute Gasteiger partial charge is 0.499 e. The highest BCUT2D eigenvalue weighted by Gasteiger charge is 2.59. The lowest BCUT2D eigenvalue weighted by atomic mass is 9.80. The highest BCUT2D eigenvalue weighted by atomic mass is 16.7. The third kappa shape index (κ3) is 12.8. The summed E-state index contributed by atoms with van der Waals surface area (Å²) in [5, 5.41) is 47.4. The fourth-order valence-corrected chi connectivity index (χ4v) is 7.45. The van der Waals surface area contributed by atoms with Crippen LogP contribution in [0.15, 0.2) is 59.4 Å². The number of ether oxygens (including phenoxy) is 7. The Morgan fingerprint density at radius 2 is 1.75 bits per heavy atom. The smallest absolute Gasteiger partial charge is 0.314 e. The number of allylic oxidation sites excluding steroid dienone is 5. The van der Waals surface area contributed by atoms with Crippen molar-refractivity contribution in [3.05, 3.63) is 59.4 Å². The Balaban J connectivity index is 2.14. The van der Waals surface area contributed by atoms with Gasteiger partial charge in [-0.1, -0.05) is 62.3 Å². The molecule has 0 aromatic heterocycles. The van der Waals surface area contributed by atoms with E-state index >= 15 is 0 Å². The zero-order chi connectivity index (χ0) is 42.8. The van der Waals surface area contributed by atoms with Crippen molar-refractivity contribution in [2.75, 3.05) is 21.3 Å². The van der Waals surface area contributed by atoms with Gasteiger partial charge in [-0.3, -0.25) is 9.59 Å². The van der Waals surface area contributed by atoms with Gasteiger partial charge in [0, 0.05) is 45.3 Å². The lowest BCUT2D eigenvalue weighted by Crippen LogP contribution is -2.66. The highest BCUT2D eigenvalue weighted by molar-refractivity contribution is 5.74. The van der Waals surface area contributed by atoms with Gasteiger partial charge in [0.15, 0.2) is 6.29 Å². The van der Waals surface area contributed by atoms with E-state index in [0.29, 0.717) is 12.8 Å². The molecular formula is C43H69NO13. The van der Waals surface area contributed by atoms with Crippen LogP contribution in [0.3, 0.4) is 0 Å². The number of carbonyl (C=O) groups is 2. The van der Waals surface area contributed by atoms with Gasteiger partial charge in [-0.25, -0.2) is 0 Å². The predicted octanol–water partition coefficient (Wildman–Crippen LogP) is 4.02. The lowest BCUT2D eigenvalue weighted by molar-refractivity contribution is -0.353. The van der Waals surface area contributed by atoms with Crippen LogP contribution in [0.1, 0.15) is 81.6 Å². The summed E-state index contributed by atoms with van der Waals surface area (Å²) in [5.41, 5.74) is 1.77. The monoisotopic (exact) mass is 807 g/mol. The third-order valence-electron chi connectivity index (χ3n) is 11.4. The molecule has 0 aliphatic carbocycles. The molecule has 0 aromatic carbocycles. The van der Waals surface area contributed by atoms with Crippen molar-refractivity contribution in [2.45, 2.75) is 155 Å². The maximum absolute atomic E-state index is 14.1. The molecule has 0 spiro atoms. The molecule has 16 atom stereocenters. The molecule has 3 heterocycles. The number of nitrogens with one attached hydrogen (secondary N) is 1. The zero-order valence-corrected chi connectivity index (χ0v) is 35.8. The number of rotatable bonds is 10. The minimum atomic E-state index is -2.37. The first-order chi connectivity index (χ1) is 26.8. The van der Waals surface area contributed by atoms with Crippen LogP contribution in [0.5, 0.6) is 0 Å². The van der Waals surface area contributed by atoms with E-state index in [2.05, 4.69) is 5.32 Å². The Bertz CT molecular complexity index is 1470. The Morgan fingerprint density at radius 1 is 1.07 bits per heavy atom. The number of hydrogen-bond donors (Lipinski definition) is 5. The van der Waals surface area contributed by atoms with Crippen molar-refractivity contribution in [1.29, 1.82) is 0 Å². The quantitative estimate of drug-likeness (QED) is 0.157. The molecule has 3 aliphatic rings. The summed E-state index contributed by atoms with van der Waals surface area (Å²) < 4.78 is 42.5. The van der Waals surface area contributed by atoms with Crippen LogP contribution in [-0.4, -0.2) is 127 Å². The summed E-state index contributed by atoms with van der Waals surface area (Å²) in [4.78, 5) is 26.0. The molecule has 12 unspecified atom stereocenters. The summed E-state index contributed by atoms with van der Waals surface area (Å²) in [6, 6.07) is -0.584. The summed E-state index contributed by atoms with van der Waals surface area (Å²) in [7, 11) is 4.32. The second-order valence-corrected chi connectivity index (χ2v) is 16.0. The first-order valence-electron chi connectivity index (χ1n) is 20.0. The van der Waals surface area contributed by atoms with Crippen molar-refractivity contribution < 1.29 is 63.2 Å². The topological polar surface area (TPSA) is 192 Å². The standard InChI is InChI=1S/C43H69NO13/c1-23-14-13-15-34(51-10)35(19-17-24(2)20-25(3)29(7)45)56-42(49)28(6)43(50)41(53-12)38(47)27(5)40(57-43)36(52-11)21-26(4)33(18-16-23)55-37-22-32(44-31(9)46)39(48)30(8)54-37/h14,16-21,25-30,32-35,37-41,45,47-48,50H,13,15,22H2,1-12H3,(H,44,46)/b18-16+,19-17+,23-14+,24-20+,36-21-/t25?,26?,27?,28?,29?,30-,32-,33?,34?,35?,37+,38?,39-,40?,41?,43?/m1/s1. The van der Waals surface area contributed by atoms with E-state index < -0.39 is 96.8 Å². The van der Waals surface area contributed by atoms with Crippen molar-refractivity contribution >= 4 is 11.9 Å². The fourth-order valence-electron chi connectivity index (χ4n) is 7.45. The SMILES string of the molecule is CO/C1=C\C(C)C(O[C@H]2C[C@@H](NC(C)=O)[C@H](O)[C@@H](C)O2)/C=C/C(C)=C/CCC(OC)C(/C=C/C(C)=C/C(C)C(C)O)OC(=O)C(C)C2(O)OC1C(C)C(O)C2OC. The van der Waals surface area contributed by atoms with Crippen molar-refractivity contribution in [1.82, 2.24) is 5.32 Å². The van der Waals surface area contributed by atoms with E-state index in [4.69, 9.17) is 33.2 Å². The molecule has 5 N–H and O–H groups in total. The van der Waals surface area contributed by atoms with Gasteiger partial charge in [-0.15, -0.1) is 0 Å². The molecule has 3 rings (SSSR count). The van der Waals surface area contributed by atoms with Gasteiger partial charge in [0.1, 0.15) is 36.1 Å². The first kappa shape index (κ1) is 48.4. The molecule has 3 aliphatic heterocycles. The van der Waals surface area contributed by atoms with E-state index in [1.165, 1.54) is 35.2 Å². The molecule has 0 radical (unpaired) electrons. The molecule has 2 saturated heterocycles. The summed E-state index contributed by atoms with van der Waals surface area (Å²) >= 11 is 0. The predicted molar refractivity (Wildman–Crippen MR) is 213 cm³/mol. The fraction of sp³-hybridized carbons (Fsp3) is 0.721. The van der Waals surface area contributed by atoms with Crippen LogP contribution in [0, 0.1) is 23.7 Å². The molecule has 2 fully saturated rings. The average molecular weight is 808 g/mol. The van der Waals surface area contributed by atoms with Crippen molar-refractivity contribution in [3.63, 3.8) is 0 Å². The van der Waals surface area contributed by atoms with Crippen LogP contribution in [0.25, 0.3) is 0 Å². The van der Waals surface area contributed by atoms with Gasteiger partial charge in [-0.2, -0.15) is 0 Å². The minimum absolute atomic E-state index is 0.112. The average Bonchev–Trinajstić information content (AvgIpc) is 3.15. The van der Waals surface area contributed by atoms with E-state index in [1.54, 1.807) is 39.0 Å². The van der Waals surface area contributed by atoms with Crippen LogP contribution < -0.4 is 5.32 Å². The van der Waals surface area contributed by atoms with Crippen LogP contribution >= 0.6 is 0 Å². The molecule has 14 heteroatoms. The molecule has 57 heavy (non-hydrogen) atoms. The molecule has 0 aromatic rings. The first-order valence-corrected chi connectivity index (χ1v) is 20.0. The van der Waals surface area contributed by atoms with E-state index in [-0.39, 0.29) is 24.0 Å². The number of fused-ring (bicyclic) bond motifs is 2. The maximum atomic E-state index is 14.1. The maximum Gasteiger partial charge on any atom is 0.314 e. The number of hydrogen-bond acceptors (Lipinski definition) is 13. The Labute approximate surface area is 338 Å². The Hall–Kier alpha value is -2.92. The van der Waals surface area contributed by atoms with Gasteiger partial charge >= 0.3 is 5.97 Å². The van der Waals surface area contributed by atoms with E-state index in [0.717, 1.165) is 11.1 Å². The summed E-state index contributed by atoms with van der Waals surface area (Å²) in [6.45, 7) is 15.7. The number of carbonyl (C=O) groups excluding carboxylic acids is 2. The number of amides is 1. The van der Waals surface area contributed by atoms with Gasteiger partial charge in [0.05, 0.1) is 43.7 Å². The number of aliphatic hydroxyl groups excluding tert-OH is 3. The molecular weight excluding hydrogens is 738 g/mol. The van der Waals surface area contributed by atoms with E-state index in [9.17, 15) is 30.0 Å². The number of cyclic esters (lactones) is 1. The normalized spacial score (nSPS) is 41.3. The molecule has 0 saturated carbocycles. The molecule has 14 nitrogen and oxygen atoms in total. The second-order valence-electron chi connectivity index (χ2n) is 16.0. The third-order valence-corrected chi connectivity index (χ3v) is 11.4. The Morgan fingerprint density at radius 3 is 2.35 bits per heavy atom. The molecule has 1 amide bonds. The minimum Gasteiger partial charge on any atom is -0.499 e. The molecule has 2 bridgehead atoms. The van der Waals surface area contributed by atoms with Gasteiger partial charge < -0.3 is 58.9 Å². The summed E-state index contributed by atoms with van der Waals surface area (Å²) in [6.07, 6.45) is 5.66. The van der Waals surface area contributed by atoms with Crippen molar-refractivity contribution in [2.24, 2.45) is 23.7 Å². The highest BCUT2D eigenvalue weighted by Crippen LogP contribution is 2.41. The van der Waals surface area contributed by atoms with Crippen LogP contribution in [0.2, 0.25) is 0 Å². The molecule has 324 valence electrons. The Kier molecular flexibility index (Phi) is 18.6. The van der Waals surface area contributed by atoms with Crippen LogP contribution in [-0.2, 0) is 42.7 Å².